The number of carbonyl (C=O) groups is 1. The van der Waals surface area contributed by atoms with Crippen molar-refractivity contribution < 1.29 is 23.0 Å². The van der Waals surface area contributed by atoms with E-state index in [9.17, 15) is 13.6 Å². The van der Waals surface area contributed by atoms with Gasteiger partial charge in [-0.3, -0.25) is 4.79 Å². The van der Waals surface area contributed by atoms with E-state index in [2.05, 4.69) is 0 Å². The molecule has 1 aliphatic rings. The summed E-state index contributed by atoms with van der Waals surface area (Å²) in [6.07, 6.45) is -2.70. The van der Waals surface area contributed by atoms with E-state index in [1.54, 1.807) is 0 Å². The van der Waals surface area contributed by atoms with Crippen LogP contribution in [-0.4, -0.2) is 12.6 Å². The highest BCUT2D eigenvalue weighted by Crippen LogP contribution is 2.38. The zero-order chi connectivity index (χ0) is 11.0. The molecule has 15 heavy (non-hydrogen) atoms. The Labute approximate surface area is 84.6 Å². The van der Waals surface area contributed by atoms with Crippen LogP contribution in [0.15, 0.2) is 12.1 Å². The van der Waals surface area contributed by atoms with Crippen LogP contribution < -0.4 is 9.47 Å². The van der Waals surface area contributed by atoms with Gasteiger partial charge in [-0.2, -0.15) is 0 Å². The lowest BCUT2D eigenvalue weighted by Crippen LogP contribution is -2.00. The van der Waals surface area contributed by atoms with Crippen LogP contribution in [0.3, 0.4) is 0 Å². The zero-order valence-electron chi connectivity index (χ0n) is 7.92. The molecule has 0 saturated carbocycles. The molecule has 0 atom stereocenters. The molecule has 0 saturated heterocycles. The number of ether oxygens (including phenoxy) is 2. The molecule has 2 rings (SSSR count). The minimum absolute atomic E-state index is 0.000625. The maximum atomic E-state index is 12.6. The molecular formula is C10H8F2O3. The average molecular weight is 214 g/mol. The maximum Gasteiger partial charge on any atom is 0.264 e. The number of rotatable bonds is 2. The number of ketones is 1. The van der Waals surface area contributed by atoms with Crippen molar-refractivity contribution in [3.8, 4) is 11.5 Å². The summed E-state index contributed by atoms with van der Waals surface area (Å²) < 4.78 is 35.2. The minimum Gasteiger partial charge on any atom is -0.454 e. The van der Waals surface area contributed by atoms with Gasteiger partial charge in [-0.25, -0.2) is 8.78 Å². The highest BCUT2D eigenvalue weighted by Gasteiger charge is 2.23. The standard InChI is InChI=1S/C10H8F2O3/c1-5(13)6-2-8-9(15-4-14-8)3-7(6)10(11)12/h2-3,10H,4H2,1H3. The Balaban J connectivity index is 2.57. The van der Waals surface area contributed by atoms with Crippen molar-refractivity contribution in [2.45, 2.75) is 13.3 Å². The van der Waals surface area contributed by atoms with Crippen LogP contribution in [0.2, 0.25) is 0 Å². The van der Waals surface area contributed by atoms with Gasteiger partial charge in [0.2, 0.25) is 6.79 Å². The van der Waals surface area contributed by atoms with Gasteiger partial charge in [0.1, 0.15) is 0 Å². The third kappa shape index (κ3) is 1.65. The molecule has 1 heterocycles. The lowest BCUT2D eigenvalue weighted by Gasteiger charge is -2.07. The molecule has 5 heteroatoms. The van der Waals surface area contributed by atoms with Crippen molar-refractivity contribution in [1.29, 1.82) is 0 Å². The van der Waals surface area contributed by atoms with E-state index < -0.39 is 12.2 Å². The first kappa shape index (κ1) is 9.89. The van der Waals surface area contributed by atoms with Gasteiger partial charge in [0, 0.05) is 11.1 Å². The topological polar surface area (TPSA) is 35.5 Å². The molecule has 1 aliphatic heterocycles. The lowest BCUT2D eigenvalue weighted by molar-refractivity contribution is 0.0998. The normalized spacial score (nSPS) is 13.3. The number of halogens is 2. The van der Waals surface area contributed by atoms with E-state index in [-0.39, 0.29) is 23.7 Å². The van der Waals surface area contributed by atoms with Crippen molar-refractivity contribution >= 4 is 5.78 Å². The minimum atomic E-state index is -2.70. The molecular weight excluding hydrogens is 206 g/mol. The Hall–Kier alpha value is -1.65. The van der Waals surface area contributed by atoms with Crippen LogP contribution in [0.25, 0.3) is 0 Å². The predicted molar refractivity (Wildman–Crippen MR) is 47.5 cm³/mol. The molecule has 1 aromatic rings. The summed E-state index contributed by atoms with van der Waals surface area (Å²) in [6.45, 7) is 1.24. The molecule has 80 valence electrons. The third-order valence-electron chi connectivity index (χ3n) is 2.16. The Morgan fingerprint density at radius 1 is 1.33 bits per heavy atom. The monoisotopic (exact) mass is 214 g/mol. The van der Waals surface area contributed by atoms with E-state index in [0.717, 1.165) is 6.07 Å². The van der Waals surface area contributed by atoms with Gasteiger partial charge < -0.3 is 9.47 Å². The lowest BCUT2D eigenvalue weighted by atomic mass is 10.0. The predicted octanol–water partition coefficient (Wildman–Crippen LogP) is 2.56. The first-order chi connectivity index (χ1) is 7.09. The second-order valence-corrected chi connectivity index (χ2v) is 3.15. The van der Waals surface area contributed by atoms with Crippen molar-refractivity contribution in [2.24, 2.45) is 0 Å². The van der Waals surface area contributed by atoms with Crippen LogP contribution in [0.1, 0.15) is 29.3 Å². The Bertz CT molecular complexity index is 415. The fourth-order valence-corrected chi connectivity index (χ4v) is 1.44. The maximum absolute atomic E-state index is 12.6. The summed E-state index contributed by atoms with van der Waals surface area (Å²) in [5, 5.41) is 0. The van der Waals surface area contributed by atoms with Crippen LogP contribution in [0.5, 0.6) is 11.5 Å². The van der Waals surface area contributed by atoms with E-state index >= 15 is 0 Å². The van der Waals surface area contributed by atoms with Crippen LogP contribution in [-0.2, 0) is 0 Å². The quantitative estimate of drug-likeness (QED) is 0.709. The van der Waals surface area contributed by atoms with E-state index in [1.165, 1.54) is 13.0 Å². The molecule has 0 aromatic heterocycles. The van der Waals surface area contributed by atoms with Gasteiger partial charge >= 0.3 is 0 Å². The molecule has 0 aliphatic carbocycles. The fourth-order valence-electron chi connectivity index (χ4n) is 1.44. The second-order valence-electron chi connectivity index (χ2n) is 3.15. The molecule has 0 fully saturated rings. The van der Waals surface area contributed by atoms with Gasteiger partial charge in [-0.05, 0) is 19.1 Å². The fraction of sp³-hybridized carbons (Fsp3) is 0.300. The molecule has 0 bridgehead atoms. The highest BCUT2D eigenvalue weighted by atomic mass is 19.3. The number of fused-ring (bicyclic) bond motifs is 1. The van der Waals surface area contributed by atoms with Gasteiger partial charge in [-0.1, -0.05) is 0 Å². The van der Waals surface area contributed by atoms with Crippen molar-refractivity contribution in [3.05, 3.63) is 23.3 Å². The highest BCUT2D eigenvalue weighted by molar-refractivity contribution is 5.96. The van der Waals surface area contributed by atoms with Crippen LogP contribution in [0.4, 0.5) is 8.78 Å². The summed E-state index contributed by atoms with van der Waals surface area (Å²) in [4.78, 5) is 11.1. The zero-order valence-corrected chi connectivity index (χ0v) is 7.92. The number of hydrogen-bond donors (Lipinski definition) is 0. The van der Waals surface area contributed by atoms with Gasteiger partial charge in [0.25, 0.3) is 6.43 Å². The Morgan fingerprint density at radius 2 is 1.93 bits per heavy atom. The van der Waals surface area contributed by atoms with E-state index in [1.807, 2.05) is 0 Å². The summed E-state index contributed by atoms with van der Waals surface area (Å²) in [5.41, 5.74) is -0.332. The average Bonchev–Trinajstić information content (AvgIpc) is 2.61. The summed E-state index contributed by atoms with van der Waals surface area (Å²) in [6, 6.07) is 2.45. The number of benzene rings is 1. The van der Waals surface area contributed by atoms with Crippen molar-refractivity contribution in [2.75, 3.05) is 6.79 Å². The Kier molecular flexibility index (Phi) is 2.30. The van der Waals surface area contributed by atoms with Crippen molar-refractivity contribution in [1.82, 2.24) is 0 Å². The van der Waals surface area contributed by atoms with Gasteiger partial charge in [-0.15, -0.1) is 0 Å². The molecule has 0 N–H and O–H groups in total. The summed E-state index contributed by atoms with van der Waals surface area (Å²) in [7, 11) is 0. The molecule has 0 unspecified atom stereocenters. The van der Waals surface area contributed by atoms with E-state index in [0.29, 0.717) is 5.75 Å². The van der Waals surface area contributed by atoms with Crippen molar-refractivity contribution in [3.63, 3.8) is 0 Å². The van der Waals surface area contributed by atoms with E-state index in [4.69, 9.17) is 9.47 Å². The largest absolute Gasteiger partial charge is 0.454 e. The first-order valence-electron chi connectivity index (χ1n) is 4.32. The smallest absolute Gasteiger partial charge is 0.264 e. The third-order valence-corrected chi connectivity index (χ3v) is 2.16. The molecule has 3 nitrogen and oxygen atoms in total. The van der Waals surface area contributed by atoms with Crippen LogP contribution >= 0.6 is 0 Å². The number of Topliss-reactive ketones (excluding diaryl/α,β-unsaturated/α-hetero) is 1. The number of alkyl halides is 2. The molecule has 0 spiro atoms. The Morgan fingerprint density at radius 3 is 2.47 bits per heavy atom. The molecule has 0 radical (unpaired) electrons. The molecule has 0 amide bonds. The molecule has 1 aromatic carbocycles. The van der Waals surface area contributed by atoms with Gasteiger partial charge in [0.05, 0.1) is 0 Å². The van der Waals surface area contributed by atoms with Gasteiger partial charge in [0.15, 0.2) is 17.3 Å². The summed E-state index contributed by atoms with van der Waals surface area (Å²) >= 11 is 0. The SMILES string of the molecule is CC(=O)c1cc2c(cc1C(F)F)OCO2. The van der Waals surface area contributed by atoms with Crippen LogP contribution in [0, 0.1) is 0 Å². The second kappa shape index (κ2) is 3.49. The summed E-state index contributed by atoms with van der Waals surface area (Å²) in [5.74, 6) is 0.184. The number of carbonyl (C=O) groups excluding carboxylic acids is 1. The number of hydrogen-bond acceptors (Lipinski definition) is 3. The first-order valence-corrected chi connectivity index (χ1v) is 4.32.